The van der Waals surface area contributed by atoms with Crippen molar-refractivity contribution in [2.75, 3.05) is 33.2 Å². The number of hydrogen-bond acceptors (Lipinski definition) is 4. The van der Waals surface area contributed by atoms with Gasteiger partial charge >= 0.3 is 6.41 Å². The summed E-state index contributed by atoms with van der Waals surface area (Å²) in [7, 11) is 1.72. The number of aryl methyl sites for hydroxylation is 1. The molecule has 2 aromatic carbocycles. The Hall–Kier alpha value is -2.21. The Bertz CT molecular complexity index is 873. The van der Waals surface area contributed by atoms with Gasteiger partial charge in [-0.3, -0.25) is 19.8 Å². The fourth-order valence-electron chi connectivity index (χ4n) is 4.01. The fourth-order valence-corrected chi connectivity index (χ4v) is 4.20. The molecular weight excluding hydrogens is 386 g/mol. The topological polar surface area (TPSA) is 52.7 Å². The summed E-state index contributed by atoms with van der Waals surface area (Å²) in [4.78, 5) is 27.2. The van der Waals surface area contributed by atoms with Crippen molar-refractivity contribution >= 4 is 23.8 Å². The van der Waals surface area contributed by atoms with E-state index in [1.54, 1.807) is 7.05 Å². The van der Waals surface area contributed by atoms with Crippen molar-refractivity contribution < 1.29 is 9.59 Å². The minimum absolute atomic E-state index is 0.0673. The molecule has 0 saturated carbocycles. The van der Waals surface area contributed by atoms with E-state index in [9.17, 15) is 9.59 Å². The number of piperazine rings is 1. The number of rotatable bonds is 8. The number of nitrogens with one attached hydrogen (secondary N) is 1. The molecule has 1 saturated heterocycles. The van der Waals surface area contributed by atoms with Gasteiger partial charge in [-0.2, -0.15) is 0 Å². The van der Waals surface area contributed by atoms with Crippen molar-refractivity contribution in [3.63, 3.8) is 0 Å². The molecular formula is C23H27ClN3O2. The first-order chi connectivity index (χ1) is 14.0. The Labute approximate surface area is 177 Å². The highest BCUT2D eigenvalue weighted by atomic mass is 35.5. The highest BCUT2D eigenvalue weighted by Crippen LogP contribution is 2.24. The van der Waals surface area contributed by atoms with E-state index < -0.39 is 5.66 Å². The molecule has 1 fully saturated rings. The molecule has 1 aliphatic rings. The normalized spacial score (nSPS) is 19.9. The standard InChI is InChI=1S/C23H27ClN3O2/c1-18(29)23(25-2)16-26(12-13-27(23)17-28)11-5-7-19-6-3-8-20(14-19)21-9-4-10-22(24)15-21/h3-4,6,8-10,14-15,25H,5,7,11-13,16H2,1-2H3. The minimum Gasteiger partial charge on any atom is -0.307 e. The predicted molar refractivity (Wildman–Crippen MR) is 117 cm³/mol. The van der Waals surface area contributed by atoms with E-state index in [1.165, 1.54) is 17.4 Å². The number of Topliss-reactive ketones (excluding diaryl/α,β-unsaturated/α-hetero) is 1. The van der Waals surface area contributed by atoms with Gasteiger partial charge in [-0.15, -0.1) is 0 Å². The lowest BCUT2D eigenvalue weighted by Crippen LogP contribution is -2.71. The number of halogens is 1. The molecule has 0 aliphatic carbocycles. The number of likely N-dealkylation sites (N-methyl/N-ethyl adjacent to an activating group) is 1. The van der Waals surface area contributed by atoms with E-state index in [-0.39, 0.29) is 5.78 Å². The monoisotopic (exact) mass is 412 g/mol. The van der Waals surface area contributed by atoms with Crippen LogP contribution < -0.4 is 5.32 Å². The van der Waals surface area contributed by atoms with E-state index in [0.29, 0.717) is 13.1 Å². The number of carbonyl (C=O) groups excluding carboxylic acids is 2. The van der Waals surface area contributed by atoms with Crippen LogP contribution in [0.15, 0.2) is 48.5 Å². The van der Waals surface area contributed by atoms with Crippen LogP contribution in [0.25, 0.3) is 11.1 Å². The first-order valence-electron chi connectivity index (χ1n) is 9.91. The quantitative estimate of drug-likeness (QED) is 0.723. The van der Waals surface area contributed by atoms with Gasteiger partial charge in [0.15, 0.2) is 11.4 Å². The predicted octanol–water partition coefficient (Wildman–Crippen LogP) is 3.13. The lowest BCUT2D eigenvalue weighted by molar-refractivity contribution is -0.132. The second-order valence-electron chi connectivity index (χ2n) is 7.50. The zero-order valence-electron chi connectivity index (χ0n) is 17.0. The molecule has 0 spiro atoms. The van der Waals surface area contributed by atoms with Gasteiger partial charge in [0.25, 0.3) is 0 Å². The van der Waals surface area contributed by atoms with Crippen molar-refractivity contribution in [2.24, 2.45) is 0 Å². The van der Waals surface area contributed by atoms with Crippen LogP contribution in [0.3, 0.4) is 0 Å². The second-order valence-corrected chi connectivity index (χ2v) is 7.94. The van der Waals surface area contributed by atoms with Gasteiger partial charge in [0.05, 0.1) is 0 Å². The third-order valence-corrected chi connectivity index (χ3v) is 5.92. The number of carbonyl (C=O) groups is 1. The molecule has 1 radical (unpaired) electrons. The van der Waals surface area contributed by atoms with Crippen molar-refractivity contribution in [3.8, 4) is 11.1 Å². The smallest absolute Gasteiger partial charge is 0.307 e. The maximum absolute atomic E-state index is 12.2. The van der Waals surface area contributed by atoms with E-state index in [2.05, 4.69) is 40.5 Å². The highest BCUT2D eigenvalue weighted by molar-refractivity contribution is 6.30. The molecule has 1 heterocycles. The minimum atomic E-state index is -0.980. The van der Waals surface area contributed by atoms with Crippen LogP contribution in [-0.2, 0) is 16.0 Å². The molecule has 1 atom stereocenters. The Balaban J connectivity index is 1.61. The molecule has 1 amide bonds. The summed E-state index contributed by atoms with van der Waals surface area (Å²) < 4.78 is 0. The molecule has 0 aromatic heterocycles. The molecule has 6 heteroatoms. The Morgan fingerprint density at radius 3 is 2.55 bits per heavy atom. The van der Waals surface area contributed by atoms with Crippen LogP contribution in [-0.4, -0.2) is 60.9 Å². The van der Waals surface area contributed by atoms with Crippen LogP contribution in [0, 0.1) is 0 Å². The van der Waals surface area contributed by atoms with Gasteiger partial charge in [0.1, 0.15) is 0 Å². The van der Waals surface area contributed by atoms with Crippen LogP contribution in [0.4, 0.5) is 0 Å². The van der Waals surface area contributed by atoms with Gasteiger partial charge < -0.3 is 4.90 Å². The number of ketones is 1. The first kappa shape index (κ1) is 21.5. The second kappa shape index (κ2) is 9.53. The van der Waals surface area contributed by atoms with E-state index >= 15 is 0 Å². The number of hydrogen-bond donors (Lipinski definition) is 1. The average molecular weight is 413 g/mol. The van der Waals surface area contributed by atoms with Gasteiger partial charge in [-0.25, -0.2) is 0 Å². The highest BCUT2D eigenvalue weighted by Gasteiger charge is 2.44. The van der Waals surface area contributed by atoms with Gasteiger partial charge in [0.2, 0.25) is 0 Å². The summed E-state index contributed by atoms with van der Waals surface area (Å²) in [5.41, 5.74) is 2.56. The summed E-state index contributed by atoms with van der Waals surface area (Å²) in [5.74, 6) is -0.0673. The summed E-state index contributed by atoms with van der Waals surface area (Å²) in [6.07, 6.45) is 3.84. The molecule has 0 bridgehead atoms. The summed E-state index contributed by atoms with van der Waals surface area (Å²) in [6.45, 7) is 4.11. The largest absolute Gasteiger partial charge is 0.314 e. The molecule has 1 unspecified atom stereocenters. The Morgan fingerprint density at radius 1 is 1.17 bits per heavy atom. The summed E-state index contributed by atoms with van der Waals surface area (Å²) in [6, 6.07) is 16.4. The third-order valence-electron chi connectivity index (χ3n) is 5.68. The Kier molecular flexibility index (Phi) is 7.06. The lowest BCUT2D eigenvalue weighted by atomic mass is 9.99. The maximum atomic E-state index is 12.2. The molecule has 2 aromatic rings. The molecule has 5 nitrogen and oxygen atoms in total. The first-order valence-corrected chi connectivity index (χ1v) is 10.3. The number of benzene rings is 2. The van der Waals surface area contributed by atoms with Crippen LogP contribution in [0.5, 0.6) is 0 Å². The van der Waals surface area contributed by atoms with Crippen LogP contribution in [0.2, 0.25) is 5.02 Å². The van der Waals surface area contributed by atoms with Crippen molar-refractivity contribution in [1.29, 1.82) is 0 Å². The van der Waals surface area contributed by atoms with Gasteiger partial charge in [0, 0.05) is 24.7 Å². The fraction of sp³-hybridized carbons (Fsp3) is 0.391. The van der Waals surface area contributed by atoms with Crippen molar-refractivity contribution in [3.05, 3.63) is 59.1 Å². The molecule has 3 rings (SSSR count). The molecule has 1 aliphatic heterocycles. The van der Waals surface area contributed by atoms with Crippen molar-refractivity contribution in [2.45, 2.75) is 25.4 Å². The zero-order valence-corrected chi connectivity index (χ0v) is 17.7. The van der Waals surface area contributed by atoms with E-state index in [1.807, 2.05) is 24.6 Å². The van der Waals surface area contributed by atoms with Crippen molar-refractivity contribution in [1.82, 2.24) is 15.1 Å². The lowest BCUT2D eigenvalue weighted by Gasteiger charge is -2.47. The van der Waals surface area contributed by atoms with Gasteiger partial charge in [-0.05, 0) is 62.2 Å². The Morgan fingerprint density at radius 2 is 1.90 bits per heavy atom. The average Bonchev–Trinajstić information content (AvgIpc) is 2.73. The molecule has 1 N–H and O–H groups in total. The SMILES string of the molecule is CNC1(C(C)=O)CN(CCCc2cccc(-c3cccc(Cl)c3)c2)CCN1[C]=O. The maximum Gasteiger partial charge on any atom is 0.314 e. The zero-order chi connectivity index (χ0) is 20.9. The van der Waals surface area contributed by atoms with Crippen LogP contribution >= 0.6 is 11.6 Å². The number of nitrogens with zero attached hydrogens (tertiary/aromatic N) is 2. The summed E-state index contributed by atoms with van der Waals surface area (Å²) in [5, 5.41) is 3.78. The van der Waals surface area contributed by atoms with Gasteiger partial charge in [-0.1, -0.05) is 48.0 Å². The van der Waals surface area contributed by atoms with Crippen LogP contribution in [0.1, 0.15) is 18.9 Å². The molecule has 153 valence electrons. The summed E-state index contributed by atoms with van der Waals surface area (Å²) >= 11 is 6.12. The van der Waals surface area contributed by atoms with E-state index in [0.717, 1.165) is 42.1 Å². The van der Waals surface area contributed by atoms with E-state index in [4.69, 9.17) is 11.6 Å². The number of amides is 1. The third kappa shape index (κ3) is 4.86. The molecule has 29 heavy (non-hydrogen) atoms.